The highest BCUT2D eigenvalue weighted by Gasteiger charge is 2.30. The van der Waals surface area contributed by atoms with E-state index in [1.807, 2.05) is 6.08 Å². The maximum atomic E-state index is 12.0. The molecule has 2 nitrogen and oxygen atoms in total. The van der Waals surface area contributed by atoms with Crippen LogP contribution in [0.15, 0.2) is 11.6 Å². The molecule has 0 saturated carbocycles. The van der Waals surface area contributed by atoms with Crippen molar-refractivity contribution in [3.63, 3.8) is 0 Å². The second kappa shape index (κ2) is 5.33. The molecule has 1 heterocycles. The third-order valence-corrected chi connectivity index (χ3v) is 3.15. The quantitative estimate of drug-likeness (QED) is 0.698. The minimum atomic E-state index is -4.25. The lowest BCUT2D eigenvalue weighted by atomic mass is 9.83. The molecule has 1 aliphatic heterocycles. The van der Waals surface area contributed by atoms with E-state index in [0.29, 0.717) is 13.1 Å². The minimum Gasteiger partial charge on any atom is -0.339 e. The van der Waals surface area contributed by atoms with Gasteiger partial charge in [-0.2, -0.15) is 13.2 Å². The number of rotatable bonds is 2. The van der Waals surface area contributed by atoms with Crippen LogP contribution in [0.4, 0.5) is 13.2 Å². The number of nitrogens with zero attached hydrogens (tertiary/aromatic N) is 1. The van der Waals surface area contributed by atoms with Crippen molar-refractivity contribution in [2.45, 2.75) is 46.2 Å². The van der Waals surface area contributed by atoms with Crippen LogP contribution in [0.3, 0.4) is 0 Å². The standard InChI is InChI=1S/C13H20F3NO/c1-12(2,3)10-5-8-17(9-6-10)11(18)4-7-13(14,15)16/h5H,4,6-9H2,1-3H3. The number of hydrogen-bond donors (Lipinski definition) is 0. The van der Waals surface area contributed by atoms with Crippen LogP contribution in [0.25, 0.3) is 0 Å². The van der Waals surface area contributed by atoms with Crippen molar-refractivity contribution < 1.29 is 18.0 Å². The second-order valence-electron chi connectivity index (χ2n) is 5.68. The molecule has 1 aliphatic rings. The van der Waals surface area contributed by atoms with E-state index in [1.165, 1.54) is 10.5 Å². The van der Waals surface area contributed by atoms with Gasteiger partial charge in [0.05, 0.1) is 6.42 Å². The SMILES string of the molecule is CC(C)(C)C1=CCN(C(=O)CCC(F)(F)F)CC1. The summed E-state index contributed by atoms with van der Waals surface area (Å²) in [6.07, 6.45) is -3.01. The van der Waals surface area contributed by atoms with Gasteiger partial charge in [-0.1, -0.05) is 32.4 Å². The first-order valence-corrected chi connectivity index (χ1v) is 6.13. The Balaban J connectivity index is 2.48. The first-order valence-electron chi connectivity index (χ1n) is 6.13. The van der Waals surface area contributed by atoms with Gasteiger partial charge in [0.1, 0.15) is 0 Å². The van der Waals surface area contributed by atoms with Crippen LogP contribution in [0.1, 0.15) is 40.0 Å². The molecule has 0 unspecified atom stereocenters. The van der Waals surface area contributed by atoms with E-state index in [2.05, 4.69) is 20.8 Å². The van der Waals surface area contributed by atoms with Gasteiger partial charge in [-0.05, 0) is 11.8 Å². The van der Waals surface area contributed by atoms with Crippen molar-refractivity contribution in [3.8, 4) is 0 Å². The second-order valence-corrected chi connectivity index (χ2v) is 5.68. The average Bonchev–Trinajstić information content (AvgIpc) is 2.24. The van der Waals surface area contributed by atoms with Gasteiger partial charge < -0.3 is 4.90 Å². The van der Waals surface area contributed by atoms with Gasteiger partial charge >= 0.3 is 6.18 Å². The Hall–Kier alpha value is -1.00. The van der Waals surface area contributed by atoms with Crippen molar-refractivity contribution in [2.24, 2.45) is 5.41 Å². The molecule has 0 spiro atoms. The summed E-state index contributed by atoms with van der Waals surface area (Å²) in [5.74, 6) is -0.406. The van der Waals surface area contributed by atoms with Crippen molar-refractivity contribution in [2.75, 3.05) is 13.1 Å². The van der Waals surface area contributed by atoms with Crippen LogP contribution in [0.2, 0.25) is 0 Å². The molecule has 18 heavy (non-hydrogen) atoms. The third kappa shape index (κ3) is 4.70. The fourth-order valence-corrected chi connectivity index (χ4v) is 1.98. The average molecular weight is 263 g/mol. The molecule has 0 fully saturated rings. The van der Waals surface area contributed by atoms with Crippen molar-refractivity contribution >= 4 is 5.91 Å². The van der Waals surface area contributed by atoms with Crippen LogP contribution in [-0.4, -0.2) is 30.1 Å². The molecule has 0 aromatic rings. The van der Waals surface area contributed by atoms with E-state index in [0.717, 1.165) is 6.42 Å². The monoisotopic (exact) mass is 263 g/mol. The van der Waals surface area contributed by atoms with Gasteiger partial charge in [0.25, 0.3) is 0 Å². The summed E-state index contributed by atoms with van der Waals surface area (Å²) in [7, 11) is 0. The van der Waals surface area contributed by atoms with Crippen LogP contribution >= 0.6 is 0 Å². The Kier molecular flexibility index (Phi) is 4.46. The lowest BCUT2D eigenvalue weighted by molar-refractivity contribution is -0.149. The number of alkyl halides is 3. The number of carbonyl (C=O) groups is 1. The number of carbonyl (C=O) groups excluding carboxylic acids is 1. The van der Waals surface area contributed by atoms with Crippen LogP contribution in [0.5, 0.6) is 0 Å². The normalized spacial score (nSPS) is 17.7. The molecule has 0 saturated heterocycles. The molecular formula is C13H20F3NO. The molecule has 0 bridgehead atoms. The zero-order chi connectivity index (χ0) is 14.0. The lowest BCUT2D eigenvalue weighted by Gasteiger charge is -2.32. The molecule has 0 atom stereocenters. The molecular weight excluding hydrogens is 243 g/mol. The van der Waals surface area contributed by atoms with E-state index in [1.54, 1.807) is 0 Å². The molecule has 1 rings (SSSR count). The Morgan fingerprint density at radius 2 is 1.94 bits per heavy atom. The predicted octanol–water partition coefficient (Wildman–Crippen LogP) is 3.53. The molecule has 1 amide bonds. The van der Waals surface area contributed by atoms with Crippen LogP contribution < -0.4 is 0 Å². The van der Waals surface area contributed by atoms with E-state index >= 15 is 0 Å². The van der Waals surface area contributed by atoms with Crippen molar-refractivity contribution in [1.82, 2.24) is 4.90 Å². The molecule has 0 aliphatic carbocycles. The van der Waals surface area contributed by atoms with Crippen molar-refractivity contribution in [3.05, 3.63) is 11.6 Å². The Morgan fingerprint density at radius 3 is 2.33 bits per heavy atom. The maximum absolute atomic E-state index is 12.0. The molecule has 0 aromatic carbocycles. The summed E-state index contributed by atoms with van der Waals surface area (Å²) in [5, 5.41) is 0. The van der Waals surface area contributed by atoms with E-state index in [4.69, 9.17) is 0 Å². The number of halogens is 3. The molecule has 0 radical (unpaired) electrons. The molecule has 5 heteroatoms. The summed E-state index contributed by atoms with van der Waals surface area (Å²) in [4.78, 5) is 13.1. The van der Waals surface area contributed by atoms with E-state index in [9.17, 15) is 18.0 Å². The first kappa shape index (κ1) is 15.1. The fraction of sp³-hybridized carbons (Fsp3) is 0.769. The largest absolute Gasteiger partial charge is 0.389 e. The van der Waals surface area contributed by atoms with Gasteiger partial charge in [-0.25, -0.2) is 0 Å². The van der Waals surface area contributed by atoms with Crippen molar-refractivity contribution in [1.29, 1.82) is 0 Å². The van der Waals surface area contributed by atoms with Crippen LogP contribution in [-0.2, 0) is 4.79 Å². The van der Waals surface area contributed by atoms with E-state index < -0.39 is 24.9 Å². The van der Waals surface area contributed by atoms with Gasteiger partial charge in [0, 0.05) is 19.5 Å². The smallest absolute Gasteiger partial charge is 0.339 e. The molecule has 0 N–H and O–H groups in total. The predicted molar refractivity (Wildman–Crippen MR) is 64.0 cm³/mol. The van der Waals surface area contributed by atoms with Gasteiger partial charge in [-0.15, -0.1) is 0 Å². The summed E-state index contributed by atoms with van der Waals surface area (Å²) in [6, 6.07) is 0. The summed E-state index contributed by atoms with van der Waals surface area (Å²) < 4.78 is 36.1. The minimum absolute atomic E-state index is 0.0705. The summed E-state index contributed by atoms with van der Waals surface area (Å²) in [5.41, 5.74) is 1.34. The Labute approximate surface area is 106 Å². The first-order chi connectivity index (χ1) is 8.09. The Bertz CT molecular complexity index is 339. The summed E-state index contributed by atoms with van der Waals surface area (Å²) >= 11 is 0. The highest BCUT2D eigenvalue weighted by molar-refractivity contribution is 5.76. The van der Waals surface area contributed by atoms with Gasteiger partial charge in [-0.3, -0.25) is 4.79 Å². The third-order valence-electron chi connectivity index (χ3n) is 3.15. The highest BCUT2D eigenvalue weighted by Crippen LogP contribution is 2.30. The van der Waals surface area contributed by atoms with Crippen LogP contribution in [0, 0.1) is 5.41 Å². The number of hydrogen-bond acceptors (Lipinski definition) is 1. The maximum Gasteiger partial charge on any atom is 0.389 e. The van der Waals surface area contributed by atoms with Gasteiger partial charge in [0.2, 0.25) is 5.91 Å². The summed E-state index contributed by atoms with van der Waals surface area (Å²) in [6.45, 7) is 7.25. The lowest BCUT2D eigenvalue weighted by Crippen LogP contribution is -2.36. The van der Waals surface area contributed by atoms with E-state index in [-0.39, 0.29) is 5.41 Å². The molecule has 104 valence electrons. The topological polar surface area (TPSA) is 20.3 Å². The van der Waals surface area contributed by atoms with Gasteiger partial charge in [0.15, 0.2) is 0 Å². The fourth-order valence-electron chi connectivity index (χ4n) is 1.98. The zero-order valence-corrected chi connectivity index (χ0v) is 11.1. The molecule has 0 aromatic heterocycles. The Morgan fingerprint density at radius 1 is 1.33 bits per heavy atom. The number of amides is 1. The zero-order valence-electron chi connectivity index (χ0n) is 11.1. The highest BCUT2D eigenvalue weighted by atomic mass is 19.4.